The highest BCUT2D eigenvalue weighted by Gasteiger charge is 2.26. The Morgan fingerprint density at radius 2 is 2.11 bits per heavy atom. The predicted octanol–water partition coefficient (Wildman–Crippen LogP) is 2.40. The van der Waals surface area contributed by atoms with Gasteiger partial charge in [-0.1, -0.05) is 6.07 Å². The molecule has 2 aromatic rings. The number of hydrogen-bond donors (Lipinski definition) is 1. The molecular formula is C14H21N3O2. The van der Waals surface area contributed by atoms with Gasteiger partial charge in [0.2, 0.25) is 5.95 Å². The zero-order chi connectivity index (χ0) is 14.0. The van der Waals surface area contributed by atoms with Crippen LogP contribution in [0.4, 0.5) is 5.95 Å². The highest BCUT2D eigenvalue weighted by Crippen LogP contribution is 2.31. The quantitative estimate of drug-likeness (QED) is 0.899. The van der Waals surface area contributed by atoms with Crippen LogP contribution in [0, 0.1) is 0 Å². The van der Waals surface area contributed by atoms with Crippen LogP contribution in [0.3, 0.4) is 0 Å². The molecular weight excluding hydrogens is 242 g/mol. The molecule has 0 saturated carbocycles. The number of aromatic nitrogens is 2. The first-order chi connectivity index (χ1) is 9.01. The standard InChI is InChI=1S/C14H21N3O2/c1-5-19-11-8-6-7-10-12(11)16-13(15)17(10)14(2,3)9-18-4/h6-8H,5,9H2,1-4H3,(H2,15,16). The number of benzene rings is 1. The monoisotopic (exact) mass is 263 g/mol. The second-order valence-corrected chi connectivity index (χ2v) is 5.11. The van der Waals surface area contributed by atoms with E-state index >= 15 is 0 Å². The van der Waals surface area contributed by atoms with Crippen LogP contribution in [0.5, 0.6) is 5.75 Å². The molecule has 2 N–H and O–H groups in total. The van der Waals surface area contributed by atoms with Crippen LogP contribution in [0.2, 0.25) is 0 Å². The fraction of sp³-hybridized carbons (Fsp3) is 0.500. The first-order valence-electron chi connectivity index (χ1n) is 6.40. The van der Waals surface area contributed by atoms with Gasteiger partial charge in [-0.15, -0.1) is 0 Å². The van der Waals surface area contributed by atoms with Crippen molar-refractivity contribution in [3.05, 3.63) is 18.2 Å². The maximum absolute atomic E-state index is 6.08. The lowest BCUT2D eigenvalue weighted by molar-refractivity contribution is 0.113. The molecule has 0 atom stereocenters. The van der Waals surface area contributed by atoms with E-state index in [0.717, 1.165) is 16.8 Å². The maximum Gasteiger partial charge on any atom is 0.201 e. The number of anilines is 1. The van der Waals surface area contributed by atoms with Crippen LogP contribution >= 0.6 is 0 Å². The SMILES string of the molecule is CCOc1cccc2c1nc(N)n2C(C)(C)COC. The number of rotatable bonds is 5. The summed E-state index contributed by atoms with van der Waals surface area (Å²) in [5, 5.41) is 0. The van der Waals surface area contributed by atoms with Crippen LogP contribution in [0.1, 0.15) is 20.8 Å². The molecule has 5 nitrogen and oxygen atoms in total. The maximum atomic E-state index is 6.08. The van der Waals surface area contributed by atoms with Crippen LogP contribution < -0.4 is 10.5 Å². The van der Waals surface area contributed by atoms with E-state index in [-0.39, 0.29) is 5.54 Å². The molecule has 2 rings (SSSR count). The number of hydrogen-bond acceptors (Lipinski definition) is 4. The summed E-state index contributed by atoms with van der Waals surface area (Å²) >= 11 is 0. The van der Waals surface area contributed by atoms with Gasteiger partial charge in [0.1, 0.15) is 11.3 Å². The summed E-state index contributed by atoms with van der Waals surface area (Å²) in [4.78, 5) is 4.44. The van der Waals surface area contributed by atoms with Gasteiger partial charge in [0.05, 0.1) is 24.3 Å². The Hall–Kier alpha value is -1.75. The summed E-state index contributed by atoms with van der Waals surface area (Å²) in [6, 6.07) is 5.86. The van der Waals surface area contributed by atoms with Crippen molar-refractivity contribution < 1.29 is 9.47 Å². The van der Waals surface area contributed by atoms with E-state index in [1.54, 1.807) is 7.11 Å². The molecule has 0 aliphatic rings. The van der Waals surface area contributed by atoms with Gasteiger partial charge in [0.15, 0.2) is 0 Å². The largest absolute Gasteiger partial charge is 0.492 e. The minimum atomic E-state index is -0.265. The highest BCUT2D eigenvalue weighted by molar-refractivity contribution is 5.84. The van der Waals surface area contributed by atoms with E-state index in [1.807, 2.05) is 29.7 Å². The number of nitrogens with two attached hydrogens (primary N) is 1. The average molecular weight is 263 g/mol. The molecule has 0 amide bonds. The van der Waals surface area contributed by atoms with E-state index in [0.29, 0.717) is 19.2 Å². The predicted molar refractivity (Wildman–Crippen MR) is 76.5 cm³/mol. The molecule has 0 unspecified atom stereocenters. The third-order valence-corrected chi connectivity index (χ3v) is 3.08. The molecule has 0 saturated heterocycles. The minimum absolute atomic E-state index is 0.265. The van der Waals surface area contributed by atoms with Gasteiger partial charge in [-0.3, -0.25) is 0 Å². The number of imidazole rings is 1. The van der Waals surface area contributed by atoms with Crippen molar-refractivity contribution in [3.63, 3.8) is 0 Å². The van der Waals surface area contributed by atoms with Gasteiger partial charge >= 0.3 is 0 Å². The van der Waals surface area contributed by atoms with Crippen LogP contribution in [-0.4, -0.2) is 29.9 Å². The Labute approximate surface area is 113 Å². The summed E-state index contributed by atoms with van der Waals surface area (Å²) in [6.45, 7) is 7.26. The van der Waals surface area contributed by atoms with Gasteiger partial charge < -0.3 is 19.8 Å². The molecule has 1 heterocycles. The van der Waals surface area contributed by atoms with E-state index in [4.69, 9.17) is 15.2 Å². The number of nitrogen functional groups attached to an aromatic ring is 1. The van der Waals surface area contributed by atoms with Crippen molar-refractivity contribution in [3.8, 4) is 5.75 Å². The van der Waals surface area contributed by atoms with Crippen LogP contribution in [0.15, 0.2) is 18.2 Å². The Bertz CT molecular complexity index is 575. The fourth-order valence-electron chi connectivity index (χ4n) is 2.42. The molecule has 5 heteroatoms. The molecule has 104 valence electrons. The second kappa shape index (κ2) is 5.09. The first-order valence-corrected chi connectivity index (χ1v) is 6.40. The fourth-order valence-corrected chi connectivity index (χ4v) is 2.42. The number of ether oxygens (including phenoxy) is 2. The average Bonchev–Trinajstić information content (AvgIpc) is 2.67. The Kier molecular flexibility index (Phi) is 3.66. The van der Waals surface area contributed by atoms with Crippen LogP contribution in [-0.2, 0) is 10.3 Å². The molecule has 1 aromatic heterocycles. The zero-order valence-corrected chi connectivity index (χ0v) is 11.9. The third kappa shape index (κ3) is 2.38. The molecule has 0 fully saturated rings. The smallest absolute Gasteiger partial charge is 0.201 e. The number of nitrogens with zero attached hydrogens (tertiary/aromatic N) is 2. The lowest BCUT2D eigenvalue weighted by atomic mass is 10.1. The van der Waals surface area contributed by atoms with E-state index in [1.165, 1.54) is 0 Å². The first kappa shape index (κ1) is 13.7. The van der Waals surface area contributed by atoms with E-state index in [2.05, 4.69) is 18.8 Å². The lowest BCUT2D eigenvalue weighted by Gasteiger charge is -2.27. The van der Waals surface area contributed by atoms with Gasteiger partial charge in [0.25, 0.3) is 0 Å². The second-order valence-electron chi connectivity index (χ2n) is 5.11. The van der Waals surface area contributed by atoms with E-state index in [9.17, 15) is 0 Å². The number of para-hydroxylation sites is 1. The molecule has 1 aromatic carbocycles. The van der Waals surface area contributed by atoms with Crippen molar-refractivity contribution in [2.24, 2.45) is 0 Å². The minimum Gasteiger partial charge on any atom is -0.492 e. The summed E-state index contributed by atoms with van der Waals surface area (Å²) in [5.74, 6) is 1.24. The molecule has 0 radical (unpaired) electrons. The molecule has 0 spiro atoms. The summed E-state index contributed by atoms with van der Waals surface area (Å²) in [7, 11) is 1.68. The van der Waals surface area contributed by atoms with Crippen molar-refractivity contribution in [2.45, 2.75) is 26.3 Å². The summed E-state index contributed by atoms with van der Waals surface area (Å²) < 4.78 is 12.9. The van der Waals surface area contributed by atoms with Crippen molar-refractivity contribution in [1.82, 2.24) is 9.55 Å². The zero-order valence-electron chi connectivity index (χ0n) is 11.9. The van der Waals surface area contributed by atoms with Gasteiger partial charge in [-0.25, -0.2) is 4.98 Å². The molecule has 0 bridgehead atoms. The number of fused-ring (bicyclic) bond motifs is 1. The van der Waals surface area contributed by atoms with Crippen LogP contribution in [0.25, 0.3) is 11.0 Å². The van der Waals surface area contributed by atoms with Crippen molar-refractivity contribution in [1.29, 1.82) is 0 Å². The highest BCUT2D eigenvalue weighted by atomic mass is 16.5. The Morgan fingerprint density at radius 1 is 1.37 bits per heavy atom. The molecule has 0 aliphatic carbocycles. The summed E-state index contributed by atoms with van der Waals surface area (Å²) in [6.07, 6.45) is 0. The van der Waals surface area contributed by atoms with Gasteiger partial charge in [-0.05, 0) is 32.9 Å². The molecule has 19 heavy (non-hydrogen) atoms. The summed E-state index contributed by atoms with van der Waals surface area (Å²) in [5.41, 5.74) is 7.57. The molecule has 0 aliphatic heterocycles. The normalized spacial score (nSPS) is 12.0. The van der Waals surface area contributed by atoms with E-state index < -0.39 is 0 Å². The lowest BCUT2D eigenvalue weighted by Crippen LogP contribution is -2.32. The van der Waals surface area contributed by atoms with Gasteiger partial charge in [0, 0.05) is 7.11 Å². The number of methoxy groups -OCH3 is 1. The van der Waals surface area contributed by atoms with Crippen molar-refractivity contribution in [2.75, 3.05) is 26.1 Å². The third-order valence-electron chi connectivity index (χ3n) is 3.08. The topological polar surface area (TPSA) is 62.3 Å². The Balaban J connectivity index is 2.63. The van der Waals surface area contributed by atoms with Gasteiger partial charge in [-0.2, -0.15) is 0 Å². The Morgan fingerprint density at radius 3 is 2.74 bits per heavy atom. The van der Waals surface area contributed by atoms with Crippen molar-refractivity contribution >= 4 is 17.0 Å².